The first-order chi connectivity index (χ1) is 17.8. The third-order valence-corrected chi connectivity index (χ3v) is 8.22. The van der Waals surface area contributed by atoms with Gasteiger partial charge in [-0.2, -0.15) is 0 Å². The molecule has 1 saturated carbocycles. The number of methoxy groups -OCH3 is 1. The second kappa shape index (κ2) is 11.5. The highest BCUT2D eigenvalue weighted by Gasteiger charge is 2.60. The van der Waals surface area contributed by atoms with Crippen LogP contribution in [0, 0.1) is 0 Å². The van der Waals surface area contributed by atoms with Crippen molar-refractivity contribution < 1.29 is 19.4 Å². The number of esters is 1. The van der Waals surface area contributed by atoms with Gasteiger partial charge in [-0.05, 0) is 74.7 Å². The molecule has 4 rings (SSSR count). The summed E-state index contributed by atoms with van der Waals surface area (Å²) < 4.78 is 12.0. The van der Waals surface area contributed by atoms with Crippen LogP contribution in [0.1, 0.15) is 43.7 Å². The van der Waals surface area contributed by atoms with Gasteiger partial charge in [-0.1, -0.05) is 42.5 Å². The van der Waals surface area contributed by atoms with Gasteiger partial charge in [0.1, 0.15) is 17.1 Å². The normalized spacial score (nSPS) is 26.1. The third-order valence-electron chi connectivity index (χ3n) is 8.22. The molecule has 0 bridgehead atoms. The van der Waals surface area contributed by atoms with Crippen LogP contribution in [0.4, 0.5) is 0 Å². The molecule has 2 aromatic carbocycles. The fourth-order valence-corrected chi connectivity index (χ4v) is 6.43. The van der Waals surface area contributed by atoms with E-state index >= 15 is 0 Å². The molecular weight excluding hydrogens is 464 g/mol. The van der Waals surface area contributed by atoms with E-state index in [2.05, 4.69) is 41.6 Å². The minimum atomic E-state index is -0.610. The molecule has 0 aromatic heterocycles. The number of hydrogen-bond acceptors (Lipinski definition) is 6. The SMILES string of the molecule is C=CCN1CCC2(c3cccc(OC)c3)CC(N(C)C/C=C/c3cccc(O)c3)CCC2(OC(C)=O)C1. The van der Waals surface area contributed by atoms with Gasteiger partial charge in [-0.15, -0.1) is 6.58 Å². The van der Waals surface area contributed by atoms with Gasteiger partial charge in [0.25, 0.3) is 0 Å². The van der Waals surface area contributed by atoms with Crippen molar-refractivity contribution >= 4 is 12.0 Å². The average molecular weight is 505 g/mol. The zero-order valence-corrected chi connectivity index (χ0v) is 22.4. The summed E-state index contributed by atoms with van der Waals surface area (Å²) in [4.78, 5) is 17.3. The van der Waals surface area contributed by atoms with Gasteiger partial charge in [-0.25, -0.2) is 0 Å². The Morgan fingerprint density at radius 2 is 2.05 bits per heavy atom. The van der Waals surface area contributed by atoms with Crippen molar-refractivity contribution in [1.29, 1.82) is 0 Å². The molecule has 6 nitrogen and oxygen atoms in total. The van der Waals surface area contributed by atoms with E-state index in [1.54, 1.807) is 19.2 Å². The van der Waals surface area contributed by atoms with Crippen LogP contribution >= 0.6 is 0 Å². The first-order valence-electron chi connectivity index (χ1n) is 13.1. The summed E-state index contributed by atoms with van der Waals surface area (Å²) in [6.07, 6.45) is 9.65. The third kappa shape index (κ3) is 5.76. The number of piperidine rings is 1. The monoisotopic (exact) mass is 504 g/mol. The van der Waals surface area contributed by atoms with E-state index < -0.39 is 5.60 Å². The van der Waals surface area contributed by atoms with Crippen molar-refractivity contribution in [2.24, 2.45) is 0 Å². The standard InChI is InChI=1S/C31H40N2O4/c1-5-17-33-19-16-30(26-11-7-13-29(21-26)36-4)22-27(14-15-31(30,23-33)37-24(2)34)32(3)18-8-10-25-9-6-12-28(35)20-25/h5-13,20-21,27,35H,1,14-19,22-23H2,2-4H3/b10-8+. The summed E-state index contributed by atoms with van der Waals surface area (Å²) in [5.74, 6) is 0.864. The van der Waals surface area contributed by atoms with Crippen LogP contribution in [-0.4, -0.2) is 72.9 Å². The van der Waals surface area contributed by atoms with E-state index in [0.29, 0.717) is 12.6 Å². The zero-order valence-electron chi connectivity index (χ0n) is 22.4. The molecule has 0 radical (unpaired) electrons. The van der Waals surface area contributed by atoms with Crippen LogP contribution in [0.25, 0.3) is 6.08 Å². The highest BCUT2D eigenvalue weighted by Crippen LogP contribution is 2.54. The number of carbonyl (C=O) groups excluding carboxylic acids is 1. The van der Waals surface area contributed by atoms with Crippen LogP contribution < -0.4 is 4.74 Å². The Morgan fingerprint density at radius 1 is 1.24 bits per heavy atom. The lowest BCUT2D eigenvalue weighted by molar-refractivity contribution is -0.188. The number of nitrogens with zero attached hydrogens (tertiary/aromatic N) is 2. The topological polar surface area (TPSA) is 62.2 Å². The number of ether oxygens (including phenoxy) is 2. The molecule has 6 heteroatoms. The highest BCUT2D eigenvalue weighted by molar-refractivity contribution is 5.67. The van der Waals surface area contributed by atoms with Gasteiger partial charge in [0.05, 0.1) is 7.11 Å². The fourth-order valence-electron chi connectivity index (χ4n) is 6.43. The van der Waals surface area contributed by atoms with E-state index in [-0.39, 0.29) is 17.1 Å². The summed E-state index contributed by atoms with van der Waals surface area (Å²) in [6.45, 7) is 8.65. The number of benzene rings is 2. The minimum Gasteiger partial charge on any atom is -0.508 e. The number of likely N-dealkylation sites (tertiary alicyclic amines) is 1. The molecule has 1 aliphatic heterocycles. The summed E-state index contributed by atoms with van der Waals surface area (Å²) >= 11 is 0. The first-order valence-corrected chi connectivity index (χ1v) is 13.1. The maximum atomic E-state index is 12.5. The van der Waals surface area contributed by atoms with Crippen molar-refractivity contribution in [3.8, 4) is 11.5 Å². The first kappa shape index (κ1) is 27.0. The van der Waals surface area contributed by atoms with Crippen molar-refractivity contribution in [2.45, 2.75) is 49.7 Å². The van der Waals surface area contributed by atoms with Crippen LogP contribution in [0.15, 0.2) is 67.3 Å². The quantitative estimate of drug-likeness (QED) is 0.382. The Bertz CT molecular complexity index is 1130. The maximum absolute atomic E-state index is 12.5. The molecular formula is C31H40N2O4. The van der Waals surface area contributed by atoms with Gasteiger partial charge in [0.15, 0.2) is 0 Å². The Kier molecular flexibility index (Phi) is 8.40. The van der Waals surface area contributed by atoms with Crippen molar-refractivity contribution in [2.75, 3.05) is 40.3 Å². The Hall–Kier alpha value is -3.09. The van der Waals surface area contributed by atoms with Gasteiger partial charge in [0.2, 0.25) is 0 Å². The fraction of sp³-hybridized carbons (Fsp3) is 0.452. The molecule has 198 valence electrons. The maximum Gasteiger partial charge on any atom is 0.303 e. The van der Waals surface area contributed by atoms with Gasteiger partial charge in [-0.3, -0.25) is 14.6 Å². The lowest BCUT2D eigenvalue weighted by atomic mass is 9.55. The Labute approximate surface area is 221 Å². The molecule has 3 atom stereocenters. The molecule has 37 heavy (non-hydrogen) atoms. The van der Waals surface area contributed by atoms with E-state index in [1.807, 2.05) is 36.4 Å². The Morgan fingerprint density at radius 3 is 2.78 bits per heavy atom. The number of phenolic OH excluding ortho intramolecular Hbond substituents is 1. The molecule has 3 unspecified atom stereocenters. The molecule has 2 fully saturated rings. The van der Waals surface area contributed by atoms with E-state index in [9.17, 15) is 9.90 Å². The number of carbonyl (C=O) groups is 1. The van der Waals surface area contributed by atoms with Crippen molar-refractivity contribution in [1.82, 2.24) is 9.80 Å². The van der Waals surface area contributed by atoms with Crippen LogP contribution in [0.3, 0.4) is 0 Å². The largest absolute Gasteiger partial charge is 0.508 e. The summed E-state index contributed by atoms with van der Waals surface area (Å²) in [5, 5.41) is 9.75. The molecule has 1 aliphatic carbocycles. The highest BCUT2D eigenvalue weighted by atomic mass is 16.6. The molecule has 1 saturated heterocycles. The molecule has 2 aliphatic rings. The second-order valence-electron chi connectivity index (χ2n) is 10.5. The second-order valence-corrected chi connectivity index (χ2v) is 10.5. The van der Waals surface area contributed by atoms with Gasteiger partial charge >= 0.3 is 5.97 Å². The van der Waals surface area contributed by atoms with E-state index in [0.717, 1.165) is 56.6 Å². The van der Waals surface area contributed by atoms with Crippen LogP contribution in [0.2, 0.25) is 0 Å². The number of phenols is 1. The number of aromatic hydroxyl groups is 1. The number of hydrogen-bond donors (Lipinski definition) is 1. The smallest absolute Gasteiger partial charge is 0.303 e. The van der Waals surface area contributed by atoms with E-state index in [4.69, 9.17) is 9.47 Å². The summed E-state index contributed by atoms with van der Waals surface area (Å²) in [6, 6.07) is 15.9. The summed E-state index contributed by atoms with van der Waals surface area (Å²) in [7, 11) is 3.86. The van der Waals surface area contributed by atoms with Crippen LogP contribution in [0.5, 0.6) is 11.5 Å². The Balaban J connectivity index is 1.65. The lowest BCUT2D eigenvalue weighted by Crippen LogP contribution is -2.68. The van der Waals surface area contributed by atoms with Gasteiger partial charge in [0, 0.05) is 38.0 Å². The number of rotatable bonds is 9. The predicted octanol–water partition coefficient (Wildman–Crippen LogP) is 5.03. The van der Waals surface area contributed by atoms with Crippen LogP contribution in [-0.2, 0) is 14.9 Å². The molecule has 1 N–H and O–H groups in total. The predicted molar refractivity (Wildman–Crippen MR) is 148 cm³/mol. The molecule has 1 heterocycles. The van der Waals surface area contributed by atoms with Gasteiger partial charge < -0.3 is 14.6 Å². The van der Waals surface area contributed by atoms with E-state index in [1.165, 1.54) is 12.5 Å². The number of fused-ring (bicyclic) bond motifs is 1. The zero-order chi connectivity index (χ0) is 26.5. The lowest BCUT2D eigenvalue weighted by Gasteiger charge is -2.60. The van der Waals surface area contributed by atoms with Crippen molar-refractivity contribution in [3.63, 3.8) is 0 Å². The molecule has 0 spiro atoms. The van der Waals surface area contributed by atoms with Crippen molar-refractivity contribution in [3.05, 3.63) is 78.4 Å². The molecule has 2 aromatic rings. The minimum absolute atomic E-state index is 0.228. The molecule has 0 amide bonds. The number of likely N-dealkylation sites (N-methyl/N-ethyl adjacent to an activating group) is 1. The average Bonchev–Trinajstić information content (AvgIpc) is 2.88. The summed E-state index contributed by atoms with van der Waals surface area (Å²) in [5.41, 5.74) is 1.23.